The van der Waals surface area contributed by atoms with Crippen molar-refractivity contribution in [3.05, 3.63) is 88.2 Å². The minimum Gasteiger partial charge on any atom is -0.264 e. The standard InChI is InChI=1S/C21H21N3O4S/c1-15-14-22-12-11-18(15)16-7-6-8-17(13-16)21(2,3)23-29(27,28)20-10-5-4-9-19(20)24(25)26/h4-14,23H,1-3H3. The van der Waals surface area contributed by atoms with Crippen LogP contribution in [0, 0.1) is 17.0 Å². The average Bonchev–Trinajstić information content (AvgIpc) is 2.67. The van der Waals surface area contributed by atoms with E-state index in [2.05, 4.69) is 9.71 Å². The van der Waals surface area contributed by atoms with Gasteiger partial charge < -0.3 is 0 Å². The molecule has 0 fully saturated rings. The number of benzene rings is 2. The number of nitrogens with zero attached hydrogens (tertiary/aromatic N) is 2. The molecule has 3 aromatic rings. The molecule has 29 heavy (non-hydrogen) atoms. The Kier molecular flexibility index (Phi) is 5.50. The summed E-state index contributed by atoms with van der Waals surface area (Å²) in [6.45, 7) is 5.40. The predicted octanol–water partition coefficient (Wildman–Crippen LogP) is 4.18. The summed E-state index contributed by atoms with van der Waals surface area (Å²) < 4.78 is 28.5. The maximum atomic E-state index is 12.9. The van der Waals surface area contributed by atoms with Gasteiger partial charge in [-0.2, -0.15) is 0 Å². The quantitative estimate of drug-likeness (QED) is 0.484. The van der Waals surface area contributed by atoms with E-state index in [1.807, 2.05) is 37.3 Å². The van der Waals surface area contributed by atoms with Crippen LogP contribution in [0.3, 0.4) is 0 Å². The van der Waals surface area contributed by atoms with Gasteiger partial charge in [0.25, 0.3) is 5.69 Å². The Hall–Kier alpha value is -3.10. The molecule has 0 unspecified atom stereocenters. The van der Waals surface area contributed by atoms with Crippen LogP contribution in [0.5, 0.6) is 0 Å². The van der Waals surface area contributed by atoms with Crippen LogP contribution < -0.4 is 4.72 Å². The van der Waals surface area contributed by atoms with E-state index in [9.17, 15) is 18.5 Å². The van der Waals surface area contributed by atoms with Crippen molar-refractivity contribution >= 4 is 15.7 Å². The number of hydrogen-bond donors (Lipinski definition) is 1. The zero-order valence-corrected chi connectivity index (χ0v) is 17.1. The van der Waals surface area contributed by atoms with E-state index in [0.717, 1.165) is 22.3 Å². The summed E-state index contributed by atoms with van der Waals surface area (Å²) in [4.78, 5) is 14.3. The first-order chi connectivity index (χ1) is 13.6. The second-order valence-corrected chi connectivity index (χ2v) is 8.88. The van der Waals surface area contributed by atoms with E-state index >= 15 is 0 Å². The van der Waals surface area contributed by atoms with Gasteiger partial charge in [0.2, 0.25) is 10.0 Å². The lowest BCUT2D eigenvalue weighted by atomic mass is 9.92. The van der Waals surface area contributed by atoms with Crippen LogP contribution in [0.1, 0.15) is 25.0 Å². The Labute approximate surface area is 169 Å². The molecule has 7 nitrogen and oxygen atoms in total. The van der Waals surface area contributed by atoms with Gasteiger partial charge in [0.05, 0.1) is 10.5 Å². The van der Waals surface area contributed by atoms with Crippen LogP contribution in [0.25, 0.3) is 11.1 Å². The first kappa shape index (κ1) is 20.6. The molecule has 8 heteroatoms. The van der Waals surface area contributed by atoms with Crippen LogP contribution in [-0.2, 0) is 15.6 Å². The summed E-state index contributed by atoms with van der Waals surface area (Å²) in [5.41, 5.74) is 2.20. The molecular weight excluding hydrogens is 390 g/mol. The number of para-hydroxylation sites is 1. The number of pyridine rings is 1. The summed E-state index contributed by atoms with van der Waals surface area (Å²) in [5, 5.41) is 11.2. The molecule has 0 aliphatic heterocycles. The fourth-order valence-electron chi connectivity index (χ4n) is 3.16. The fourth-order valence-corrected chi connectivity index (χ4v) is 4.73. The van der Waals surface area contributed by atoms with Crippen molar-refractivity contribution in [3.63, 3.8) is 0 Å². The van der Waals surface area contributed by atoms with Crippen molar-refractivity contribution in [3.8, 4) is 11.1 Å². The summed E-state index contributed by atoms with van der Waals surface area (Å²) in [5.74, 6) is 0. The molecule has 2 aromatic carbocycles. The van der Waals surface area contributed by atoms with Gasteiger partial charge in [-0.25, -0.2) is 13.1 Å². The third kappa shape index (κ3) is 4.33. The minimum absolute atomic E-state index is 0.362. The maximum Gasteiger partial charge on any atom is 0.289 e. The topological polar surface area (TPSA) is 102 Å². The van der Waals surface area contributed by atoms with Gasteiger partial charge in [-0.1, -0.05) is 30.3 Å². The van der Waals surface area contributed by atoms with Crippen LogP contribution >= 0.6 is 0 Å². The number of nitrogens with one attached hydrogen (secondary N) is 1. The summed E-state index contributed by atoms with van der Waals surface area (Å²) in [6, 6.07) is 14.7. The molecule has 0 atom stereocenters. The number of nitro benzene ring substituents is 1. The number of aryl methyl sites for hydroxylation is 1. The number of sulfonamides is 1. The van der Waals surface area contributed by atoms with Gasteiger partial charge in [0.15, 0.2) is 4.90 Å². The Morgan fingerprint density at radius 3 is 2.48 bits per heavy atom. The lowest BCUT2D eigenvalue weighted by Gasteiger charge is -2.27. The molecule has 0 saturated heterocycles. The van der Waals surface area contributed by atoms with Crippen LogP contribution in [-0.4, -0.2) is 18.3 Å². The van der Waals surface area contributed by atoms with Crippen molar-refractivity contribution in [2.45, 2.75) is 31.2 Å². The Balaban J connectivity index is 1.99. The number of rotatable bonds is 6. The molecule has 0 radical (unpaired) electrons. The van der Waals surface area contributed by atoms with Gasteiger partial charge in [-0.3, -0.25) is 15.1 Å². The zero-order chi connectivity index (χ0) is 21.2. The molecular formula is C21H21N3O4S. The third-order valence-corrected chi connectivity index (χ3v) is 6.36. The second-order valence-electron chi connectivity index (χ2n) is 7.23. The lowest BCUT2D eigenvalue weighted by molar-refractivity contribution is -0.387. The first-order valence-corrected chi connectivity index (χ1v) is 10.4. The molecule has 1 N–H and O–H groups in total. The Bertz CT molecular complexity index is 1170. The summed E-state index contributed by atoms with van der Waals surface area (Å²) in [6.07, 6.45) is 3.47. The highest BCUT2D eigenvalue weighted by Gasteiger charge is 2.32. The van der Waals surface area contributed by atoms with Crippen molar-refractivity contribution in [2.75, 3.05) is 0 Å². The monoisotopic (exact) mass is 411 g/mol. The Morgan fingerprint density at radius 1 is 1.07 bits per heavy atom. The molecule has 0 aliphatic carbocycles. The van der Waals surface area contributed by atoms with Crippen LogP contribution in [0.4, 0.5) is 5.69 Å². The largest absolute Gasteiger partial charge is 0.289 e. The third-order valence-electron chi connectivity index (χ3n) is 4.66. The fraction of sp³-hybridized carbons (Fsp3) is 0.190. The number of hydrogen-bond acceptors (Lipinski definition) is 5. The van der Waals surface area contributed by atoms with Crippen molar-refractivity contribution in [1.29, 1.82) is 0 Å². The van der Waals surface area contributed by atoms with Gasteiger partial charge >= 0.3 is 0 Å². The highest BCUT2D eigenvalue weighted by molar-refractivity contribution is 7.89. The molecule has 0 amide bonds. The smallest absolute Gasteiger partial charge is 0.264 e. The van der Waals surface area contributed by atoms with E-state index in [1.54, 1.807) is 26.2 Å². The Morgan fingerprint density at radius 2 is 1.79 bits per heavy atom. The number of aromatic nitrogens is 1. The predicted molar refractivity (Wildman–Crippen MR) is 111 cm³/mol. The van der Waals surface area contributed by atoms with Gasteiger partial charge in [-0.15, -0.1) is 0 Å². The normalized spacial score (nSPS) is 12.0. The average molecular weight is 411 g/mol. The highest BCUT2D eigenvalue weighted by Crippen LogP contribution is 2.30. The molecule has 0 bridgehead atoms. The van der Waals surface area contributed by atoms with Crippen LogP contribution in [0.15, 0.2) is 71.9 Å². The number of nitro groups is 1. The summed E-state index contributed by atoms with van der Waals surface area (Å²) >= 11 is 0. The highest BCUT2D eigenvalue weighted by atomic mass is 32.2. The molecule has 0 aliphatic rings. The maximum absolute atomic E-state index is 12.9. The van der Waals surface area contributed by atoms with Crippen molar-refractivity contribution < 1.29 is 13.3 Å². The van der Waals surface area contributed by atoms with E-state index in [0.29, 0.717) is 0 Å². The van der Waals surface area contributed by atoms with Gasteiger partial charge in [0.1, 0.15) is 0 Å². The van der Waals surface area contributed by atoms with Crippen molar-refractivity contribution in [2.24, 2.45) is 0 Å². The van der Waals surface area contributed by atoms with E-state index in [-0.39, 0.29) is 4.90 Å². The molecule has 150 valence electrons. The van der Waals surface area contributed by atoms with Gasteiger partial charge in [0, 0.05) is 18.5 Å². The van der Waals surface area contributed by atoms with E-state index < -0.39 is 26.2 Å². The van der Waals surface area contributed by atoms with E-state index in [1.165, 1.54) is 24.3 Å². The first-order valence-electron chi connectivity index (χ1n) is 8.91. The van der Waals surface area contributed by atoms with Gasteiger partial charge in [-0.05, 0) is 61.2 Å². The molecule has 1 heterocycles. The SMILES string of the molecule is Cc1cnccc1-c1cccc(C(C)(C)NS(=O)(=O)c2ccccc2[N+](=O)[O-])c1. The second kappa shape index (κ2) is 7.73. The molecule has 3 rings (SSSR count). The molecule has 0 spiro atoms. The molecule has 1 aromatic heterocycles. The lowest BCUT2D eigenvalue weighted by Crippen LogP contribution is -2.41. The van der Waals surface area contributed by atoms with Crippen molar-refractivity contribution in [1.82, 2.24) is 9.71 Å². The summed E-state index contributed by atoms with van der Waals surface area (Å²) in [7, 11) is -4.13. The van der Waals surface area contributed by atoms with E-state index in [4.69, 9.17) is 0 Å². The zero-order valence-electron chi connectivity index (χ0n) is 16.3. The van der Waals surface area contributed by atoms with Crippen LogP contribution in [0.2, 0.25) is 0 Å². The minimum atomic E-state index is -4.13. The molecule has 0 saturated carbocycles.